The fourth-order valence-corrected chi connectivity index (χ4v) is 2.60. The zero-order valence-corrected chi connectivity index (χ0v) is 9.84. The first-order chi connectivity index (χ1) is 6.68. The average molecular weight is 206 g/mol. The van der Waals surface area contributed by atoms with E-state index in [4.69, 9.17) is 0 Å². The minimum atomic E-state index is 0. The SMILES string of the molecule is Cc1ccc(CC2(C)CCCC2)cc1.O. The molecule has 1 heteroatoms. The van der Waals surface area contributed by atoms with Crippen LogP contribution in [0, 0.1) is 12.3 Å². The van der Waals surface area contributed by atoms with E-state index in [1.165, 1.54) is 43.2 Å². The van der Waals surface area contributed by atoms with E-state index in [0.717, 1.165) is 0 Å². The summed E-state index contributed by atoms with van der Waals surface area (Å²) in [5, 5.41) is 0. The summed E-state index contributed by atoms with van der Waals surface area (Å²) in [7, 11) is 0. The zero-order chi connectivity index (χ0) is 10.0. The first-order valence-corrected chi connectivity index (χ1v) is 5.74. The summed E-state index contributed by atoms with van der Waals surface area (Å²) < 4.78 is 0. The van der Waals surface area contributed by atoms with Crippen LogP contribution in [-0.4, -0.2) is 5.48 Å². The Morgan fingerprint density at radius 2 is 1.60 bits per heavy atom. The molecule has 1 aromatic carbocycles. The number of benzene rings is 1. The second-order valence-corrected chi connectivity index (χ2v) is 5.18. The molecule has 0 aliphatic heterocycles. The van der Waals surface area contributed by atoms with E-state index < -0.39 is 0 Å². The van der Waals surface area contributed by atoms with E-state index in [-0.39, 0.29) is 5.48 Å². The van der Waals surface area contributed by atoms with Crippen molar-refractivity contribution < 1.29 is 5.48 Å². The van der Waals surface area contributed by atoms with Crippen molar-refractivity contribution in [3.05, 3.63) is 35.4 Å². The van der Waals surface area contributed by atoms with Gasteiger partial charge in [-0.05, 0) is 37.2 Å². The van der Waals surface area contributed by atoms with Gasteiger partial charge in [0.05, 0.1) is 0 Å². The fraction of sp³-hybridized carbons (Fsp3) is 0.571. The van der Waals surface area contributed by atoms with Gasteiger partial charge in [0.15, 0.2) is 0 Å². The molecule has 0 unspecified atom stereocenters. The van der Waals surface area contributed by atoms with E-state index in [1.54, 1.807) is 0 Å². The molecular weight excluding hydrogens is 184 g/mol. The molecule has 15 heavy (non-hydrogen) atoms. The van der Waals surface area contributed by atoms with Gasteiger partial charge in [0.25, 0.3) is 0 Å². The van der Waals surface area contributed by atoms with Crippen LogP contribution in [0.3, 0.4) is 0 Å². The summed E-state index contributed by atoms with van der Waals surface area (Å²) in [6, 6.07) is 9.04. The van der Waals surface area contributed by atoms with Crippen LogP contribution in [0.4, 0.5) is 0 Å². The minimum Gasteiger partial charge on any atom is -0.412 e. The van der Waals surface area contributed by atoms with Gasteiger partial charge in [-0.1, -0.05) is 49.6 Å². The Morgan fingerprint density at radius 3 is 2.13 bits per heavy atom. The number of aryl methyl sites for hydroxylation is 1. The molecule has 84 valence electrons. The molecule has 1 fully saturated rings. The van der Waals surface area contributed by atoms with Gasteiger partial charge in [0, 0.05) is 0 Å². The van der Waals surface area contributed by atoms with Gasteiger partial charge in [0.1, 0.15) is 0 Å². The van der Waals surface area contributed by atoms with Crippen LogP contribution in [0.2, 0.25) is 0 Å². The lowest BCUT2D eigenvalue weighted by Gasteiger charge is -2.23. The highest BCUT2D eigenvalue weighted by molar-refractivity contribution is 5.22. The maximum Gasteiger partial charge on any atom is -0.0225 e. The zero-order valence-electron chi connectivity index (χ0n) is 9.84. The Bertz CT molecular complexity index is 294. The predicted octanol–water partition coefficient (Wildman–Crippen LogP) is 3.29. The van der Waals surface area contributed by atoms with E-state index in [2.05, 4.69) is 38.1 Å². The maximum absolute atomic E-state index is 2.44. The number of hydrogen-bond acceptors (Lipinski definition) is 0. The molecule has 0 spiro atoms. The van der Waals surface area contributed by atoms with Crippen molar-refractivity contribution in [1.82, 2.24) is 0 Å². The maximum atomic E-state index is 2.44. The van der Waals surface area contributed by atoms with Crippen molar-refractivity contribution in [3.8, 4) is 0 Å². The fourth-order valence-electron chi connectivity index (χ4n) is 2.60. The molecule has 0 radical (unpaired) electrons. The van der Waals surface area contributed by atoms with Crippen molar-refractivity contribution in [1.29, 1.82) is 0 Å². The predicted molar refractivity (Wildman–Crippen MR) is 65.1 cm³/mol. The number of rotatable bonds is 2. The van der Waals surface area contributed by atoms with E-state index in [9.17, 15) is 0 Å². The van der Waals surface area contributed by atoms with Crippen molar-refractivity contribution >= 4 is 0 Å². The summed E-state index contributed by atoms with van der Waals surface area (Å²) in [6.45, 7) is 4.60. The third kappa shape index (κ3) is 3.07. The van der Waals surface area contributed by atoms with E-state index >= 15 is 0 Å². The molecule has 0 heterocycles. The van der Waals surface area contributed by atoms with Crippen LogP contribution in [0.5, 0.6) is 0 Å². The molecule has 0 atom stereocenters. The summed E-state index contributed by atoms with van der Waals surface area (Å²) in [6.07, 6.45) is 6.97. The molecule has 1 nitrogen and oxygen atoms in total. The Kier molecular flexibility index (Phi) is 3.92. The second kappa shape index (κ2) is 4.80. The average Bonchev–Trinajstić information content (AvgIpc) is 2.57. The van der Waals surface area contributed by atoms with Gasteiger partial charge in [-0.2, -0.15) is 0 Å². The normalized spacial score (nSPS) is 18.5. The lowest BCUT2D eigenvalue weighted by Crippen LogP contribution is -2.14. The summed E-state index contributed by atoms with van der Waals surface area (Å²) in [5.41, 5.74) is 3.47. The van der Waals surface area contributed by atoms with Crippen molar-refractivity contribution in [3.63, 3.8) is 0 Å². The molecule has 1 aliphatic carbocycles. The molecule has 1 aliphatic rings. The Balaban J connectivity index is 0.00000112. The molecule has 2 rings (SSSR count). The van der Waals surface area contributed by atoms with Crippen LogP contribution < -0.4 is 0 Å². The quantitative estimate of drug-likeness (QED) is 0.711. The van der Waals surface area contributed by atoms with Crippen molar-refractivity contribution in [2.75, 3.05) is 0 Å². The highest BCUT2D eigenvalue weighted by Gasteiger charge is 2.28. The van der Waals surface area contributed by atoms with E-state index in [0.29, 0.717) is 5.41 Å². The van der Waals surface area contributed by atoms with Gasteiger partial charge in [0.2, 0.25) is 0 Å². The monoisotopic (exact) mass is 206 g/mol. The first kappa shape index (κ1) is 12.3. The van der Waals surface area contributed by atoms with Crippen LogP contribution in [-0.2, 0) is 6.42 Å². The Morgan fingerprint density at radius 1 is 1.07 bits per heavy atom. The van der Waals surface area contributed by atoms with Gasteiger partial charge < -0.3 is 5.48 Å². The Hall–Kier alpha value is -0.820. The molecule has 1 saturated carbocycles. The molecule has 2 N–H and O–H groups in total. The van der Waals surface area contributed by atoms with Crippen LogP contribution in [0.25, 0.3) is 0 Å². The van der Waals surface area contributed by atoms with Crippen LogP contribution in [0.1, 0.15) is 43.7 Å². The Labute approximate surface area is 92.8 Å². The summed E-state index contributed by atoms with van der Waals surface area (Å²) in [4.78, 5) is 0. The largest absolute Gasteiger partial charge is 0.412 e. The van der Waals surface area contributed by atoms with Gasteiger partial charge >= 0.3 is 0 Å². The van der Waals surface area contributed by atoms with Gasteiger partial charge in [-0.3, -0.25) is 0 Å². The molecule has 0 amide bonds. The lowest BCUT2D eigenvalue weighted by molar-refractivity contribution is 0.334. The number of hydrogen-bond donors (Lipinski definition) is 0. The highest BCUT2D eigenvalue weighted by atomic mass is 16.0. The van der Waals surface area contributed by atoms with Gasteiger partial charge in [-0.15, -0.1) is 0 Å². The first-order valence-electron chi connectivity index (χ1n) is 5.74. The summed E-state index contributed by atoms with van der Waals surface area (Å²) >= 11 is 0. The second-order valence-electron chi connectivity index (χ2n) is 5.18. The third-order valence-corrected chi connectivity index (χ3v) is 3.56. The molecular formula is C14H22O. The third-order valence-electron chi connectivity index (χ3n) is 3.56. The molecule has 1 aromatic rings. The highest BCUT2D eigenvalue weighted by Crippen LogP contribution is 2.40. The smallest absolute Gasteiger partial charge is 0.0225 e. The van der Waals surface area contributed by atoms with Crippen LogP contribution >= 0.6 is 0 Å². The molecule has 0 saturated heterocycles. The van der Waals surface area contributed by atoms with Crippen LogP contribution in [0.15, 0.2) is 24.3 Å². The molecule has 0 bridgehead atoms. The minimum absolute atomic E-state index is 0. The van der Waals surface area contributed by atoms with Crippen molar-refractivity contribution in [2.24, 2.45) is 5.41 Å². The summed E-state index contributed by atoms with van der Waals surface area (Å²) in [5.74, 6) is 0. The standard InChI is InChI=1S/C14H20.H2O/c1-12-5-7-13(8-6-12)11-14(2)9-3-4-10-14;/h5-8H,3-4,9-11H2,1-2H3;1H2. The lowest BCUT2D eigenvalue weighted by atomic mass is 9.82. The van der Waals surface area contributed by atoms with Crippen molar-refractivity contribution in [2.45, 2.75) is 46.0 Å². The van der Waals surface area contributed by atoms with E-state index in [1.807, 2.05) is 0 Å². The topological polar surface area (TPSA) is 31.5 Å². The molecule has 0 aromatic heterocycles. The van der Waals surface area contributed by atoms with Gasteiger partial charge in [-0.25, -0.2) is 0 Å².